The molecule has 0 radical (unpaired) electrons. The smallest absolute Gasteiger partial charge is 0.416 e. The van der Waals surface area contributed by atoms with E-state index in [1.165, 1.54) is 24.3 Å². The van der Waals surface area contributed by atoms with E-state index < -0.39 is 39.7 Å². The van der Waals surface area contributed by atoms with Gasteiger partial charge in [0.1, 0.15) is 17.7 Å². The number of ether oxygens (including phenoxy) is 1. The molecule has 3 aromatic carbocycles. The zero-order valence-corrected chi connectivity index (χ0v) is 25.3. The number of nitrogens with zero attached hydrogens (tertiary/aromatic N) is 2. The number of hydrogen-bond donors (Lipinski definition) is 2. The molecule has 0 fully saturated rings. The quantitative estimate of drug-likeness (QED) is 0.323. The second kappa shape index (κ2) is 13.5. The molecule has 8 nitrogen and oxygen atoms in total. The minimum Gasteiger partial charge on any atom is -0.488 e. The molecule has 0 aromatic heterocycles. The molecule has 238 valence electrons. The molecule has 13 heteroatoms. The summed E-state index contributed by atoms with van der Waals surface area (Å²) in [6.45, 7) is 4.35. The van der Waals surface area contributed by atoms with E-state index in [9.17, 15) is 35.9 Å². The maximum absolute atomic E-state index is 13.4. The lowest BCUT2D eigenvalue weighted by molar-refractivity contribution is -0.137. The molecule has 1 aliphatic heterocycles. The van der Waals surface area contributed by atoms with Gasteiger partial charge in [-0.25, -0.2) is 12.8 Å². The van der Waals surface area contributed by atoms with Crippen LogP contribution in [-0.4, -0.2) is 68.1 Å². The number of alkyl halides is 3. The van der Waals surface area contributed by atoms with Crippen LogP contribution in [0.5, 0.6) is 5.75 Å². The molecule has 1 heterocycles. The Bertz CT molecular complexity index is 1550. The molecule has 0 aliphatic carbocycles. The summed E-state index contributed by atoms with van der Waals surface area (Å²) in [5.41, 5.74) is 0.555. The maximum atomic E-state index is 13.4. The van der Waals surface area contributed by atoms with Gasteiger partial charge in [-0.3, -0.25) is 14.4 Å². The average Bonchev–Trinajstić information content (AvgIpc) is 3.00. The third-order valence-electron chi connectivity index (χ3n) is 7.52. The van der Waals surface area contributed by atoms with Crippen molar-refractivity contribution in [2.45, 2.75) is 50.0 Å². The summed E-state index contributed by atoms with van der Waals surface area (Å²) >= 11 is 0. The fourth-order valence-corrected chi connectivity index (χ4v) is 6.07. The van der Waals surface area contributed by atoms with Crippen molar-refractivity contribution in [3.05, 3.63) is 89.2 Å². The summed E-state index contributed by atoms with van der Waals surface area (Å²) in [5, 5.41) is 9.86. The number of carbonyl (C=O) groups excluding carboxylic acids is 1. The third kappa shape index (κ3) is 8.27. The summed E-state index contributed by atoms with van der Waals surface area (Å²) in [5.74, 6) is -0.695. The van der Waals surface area contributed by atoms with Crippen LogP contribution in [0, 0.1) is 11.7 Å². The van der Waals surface area contributed by atoms with Crippen molar-refractivity contribution in [2.75, 3.05) is 31.5 Å². The summed E-state index contributed by atoms with van der Waals surface area (Å²) in [7, 11) is -2.24. The lowest BCUT2D eigenvalue weighted by Crippen LogP contribution is -2.47. The number of likely N-dealkylation sites (N-methyl/N-ethyl adjacent to an activating group) is 1. The molecule has 1 amide bonds. The fraction of sp³-hybridized carbons (Fsp3) is 0.387. The van der Waals surface area contributed by atoms with Gasteiger partial charge in [0, 0.05) is 36.8 Å². The van der Waals surface area contributed by atoms with Crippen LogP contribution < -0.4 is 9.46 Å². The number of sulfonamides is 1. The van der Waals surface area contributed by atoms with Gasteiger partial charge in [0.25, 0.3) is 10.0 Å². The SMILES string of the molecule is C[C@H](CO)N1C[C@H](C)[C@H](CN(C)Cc2ccc(C(F)(F)F)cc2)Oc2ccc(NS(=O)(=O)c3ccc(F)cc3)cc2CC1=O. The molecule has 0 unspecified atom stereocenters. The molecular weight excluding hydrogens is 602 g/mol. The predicted molar refractivity (Wildman–Crippen MR) is 157 cm³/mol. The minimum absolute atomic E-state index is 0.118. The Balaban J connectivity index is 1.60. The minimum atomic E-state index is -4.42. The van der Waals surface area contributed by atoms with E-state index in [-0.39, 0.29) is 42.0 Å². The number of carbonyl (C=O) groups is 1. The highest BCUT2D eigenvalue weighted by molar-refractivity contribution is 7.92. The van der Waals surface area contributed by atoms with Gasteiger partial charge in [-0.05, 0) is 74.1 Å². The monoisotopic (exact) mass is 637 g/mol. The second-order valence-corrected chi connectivity index (χ2v) is 12.8. The first-order valence-electron chi connectivity index (χ1n) is 14.0. The van der Waals surface area contributed by atoms with Gasteiger partial charge in [-0.1, -0.05) is 19.1 Å². The molecule has 1 aliphatic rings. The highest BCUT2D eigenvalue weighted by Gasteiger charge is 2.32. The number of fused-ring (bicyclic) bond motifs is 1. The van der Waals surface area contributed by atoms with Crippen molar-refractivity contribution in [1.82, 2.24) is 9.80 Å². The predicted octanol–water partition coefficient (Wildman–Crippen LogP) is 4.93. The molecule has 44 heavy (non-hydrogen) atoms. The molecule has 0 bridgehead atoms. The van der Waals surface area contributed by atoms with Gasteiger partial charge in [-0.2, -0.15) is 13.2 Å². The summed E-state index contributed by atoms with van der Waals surface area (Å²) in [4.78, 5) is 16.8. The maximum Gasteiger partial charge on any atom is 0.416 e. The Morgan fingerprint density at radius 2 is 1.75 bits per heavy atom. The van der Waals surface area contributed by atoms with Crippen LogP contribution in [0.2, 0.25) is 0 Å². The first-order valence-corrected chi connectivity index (χ1v) is 15.5. The largest absolute Gasteiger partial charge is 0.488 e. The Labute approximate surface area is 254 Å². The van der Waals surface area contributed by atoms with E-state index >= 15 is 0 Å². The number of anilines is 1. The summed E-state index contributed by atoms with van der Waals surface area (Å²) in [6, 6.07) is 13.4. The van der Waals surface area contributed by atoms with Gasteiger partial charge in [0.2, 0.25) is 5.91 Å². The zero-order valence-electron chi connectivity index (χ0n) is 24.5. The highest BCUT2D eigenvalue weighted by atomic mass is 32.2. The Kier molecular flexibility index (Phi) is 10.2. The van der Waals surface area contributed by atoms with Gasteiger partial charge >= 0.3 is 6.18 Å². The summed E-state index contributed by atoms with van der Waals surface area (Å²) in [6.07, 6.45) is -5.02. The van der Waals surface area contributed by atoms with Crippen molar-refractivity contribution in [1.29, 1.82) is 0 Å². The fourth-order valence-electron chi connectivity index (χ4n) is 5.02. The molecule has 3 aromatic rings. The van der Waals surface area contributed by atoms with Crippen molar-refractivity contribution >= 4 is 21.6 Å². The van der Waals surface area contributed by atoms with E-state index in [4.69, 9.17) is 4.74 Å². The lowest BCUT2D eigenvalue weighted by atomic mass is 10.0. The number of nitrogens with one attached hydrogen (secondary N) is 1. The van der Waals surface area contributed by atoms with E-state index in [1.807, 2.05) is 18.9 Å². The number of halogens is 4. The topological polar surface area (TPSA) is 99.2 Å². The molecule has 0 saturated heterocycles. The molecule has 2 N–H and O–H groups in total. The second-order valence-electron chi connectivity index (χ2n) is 11.2. The molecule has 0 saturated carbocycles. The molecular formula is C31H35F4N3O5S. The average molecular weight is 638 g/mol. The van der Waals surface area contributed by atoms with Crippen molar-refractivity contribution in [2.24, 2.45) is 5.92 Å². The first kappa shape index (κ1) is 33.2. The van der Waals surface area contributed by atoms with E-state index in [1.54, 1.807) is 17.9 Å². The number of benzene rings is 3. The van der Waals surface area contributed by atoms with Crippen LogP contribution in [0.15, 0.2) is 71.6 Å². The van der Waals surface area contributed by atoms with Crippen LogP contribution in [0.25, 0.3) is 0 Å². The van der Waals surface area contributed by atoms with E-state index in [0.717, 1.165) is 36.4 Å². The number of aliphatic hydroxyl groups excluding tert-OH is 1. The molecule has 0 spiro atoms. The van der Waals surface area contributed by atoms with Crippen molar-refractivity contribution in [3.8, 4) is 5.75 Å². The molecule has 3 atom stereocenters. The van der Waals surface area contributed by atoms with Crippen LogP contribution in [0.1, 0.15) is 30.5 Å². The molecule has 4 rings (SSSR count). The summed E-state index contributed by atoms with van der Waals surface area (Å²) < 4.78 is 87.0. The Morgan fingerprint density at radius 1 is 1.09 bits per heavy atom. The Morgan fingerprint density at radius 3 is 2.36 bits per heavy atom. The van der Waals surface area contributed by atoms with E-state index in [2.05, 4.69) is 4.72 Å². The van der Waals surface area contributed by atoms with Crippen molar-refractivity contribution in [3.63, 3.8) is 0 Å². The third-order valence-corrected chi connectivity index (χ3v) is 8.92. The van der Waals surface area contributed by atoms with Crippen LogP contribution in [-0.2, 0) is 34.0 Å². The van der Waals surface area contributed by atoms with E-state index in [0.29, 0.717) is 30.0 Å². The zero-order chi connectivity index (χ0) is 32.2. The van der Waals surface area contributed by atoms with Gasteiger partial charge < -0.3 is 14.7 Å². The lowest BCUT2D eigenvalue weighted by Gasteiger charge is -2.34. The standard InChI is InChI=1S/C31H35F4N3O5S/c1-20-16-38(21(2)19-39)30(40)15-23-14-26(36-44(41,42)27-11-8-25(32)9-12-27)10-13-28(23)43-29(20)18-37(3)17-22-4-6-24(7-5-22)31(33,34)35/h4-14,20-21,29,36,39H,15-19H2,1-3H3/t20-,21+,29-/m0/s1. The normalized spacial score (nSPS) is 18.6. The van der Waals surface area contributed by atoms with Crippen LogP contribution in [0.3, 0.4) is 0 Å². The Hall–Kier alpha value is -3.68. The van der Waals surface area contributed by atoms with Gasteiger partial charge in [0.05, 0.1) is 29.5 Å². The van der Waals surface area contributed by atoms with Gasteiger partial charge in [-0.15, -0.1) is 0 Å². The number of rotatable bonds is 9. The van der Waals surface area contributed by atoms with Crippen molar-refractivity contribution < 1.29 is 40.6 Å². The van der Waals surface area contributed by atoms with Crippen LogP contribution >= 0.6 is 0 Å². The van der Waals surface area contributed by atoms with Crippen LogP contribution in [0.4, 0.5) is 23.2 Å². The first-order chi connectivity index (χ1) is 20.7. The van der Waals surface area contributed by atoms with Gasteiger partial charge in [0.15, 0.2) is 0 Å². The number of hydrogen-bond acceptors (Lipinski definition) is 6. The number of aliphatic hydroxyl groups is 1. The highest BCUT2D eigenvalue weighted by Crippen LogP contribution is 2.31. The number of amides is 1.